The van der Waals surface area contributed by atoms with Crippen LogP contribution in [0.25, 0.3) is 22.0 Å². The molecule has 2 aliphatic rings. The number of aliphatic carboxylic acids is 1. The second kappa shape index (κ2) is 18.8. The maximum absolute atomic E-state index is 14.5. The number of amides is 4. The monoisotopic (exact) mass is 791 g/mol. The Morgan fingerprint density at radius 1 is 0.610 bits per heavy atom. The number of aromatic amines is 1. The highest BCUT2D eigenvalue weighted by atomic mass is 16.5. The van der Waals surface area contributed by atoms with Crippen LogP contribution in [0.5, 0.6) is 5.75 Å². The number of aryl methyl sites for hydroxylation is 1. The smallest absolute Gasteiger partial charge is 0.326 e. The van der Waals surface area contributed by atoms with Gasteiger partial charge in [-0.25, -0.2) is 4.79 Å². The Balaban J connectivity index is 1.23. The van der Waals surface area contributed by atoms with Crippen molar-refractivity contribution in [2.24, 2.45) is 0 Å². The van der Waals surface area contributed by atoms with E-state index >= 15 is 0 Å². The molecule has 4 amide bonds. The van der Waals surface area contributed by atoms with Crippen molar-refractivity contribution in [2.75, 3.05) is 6.61 Å². The molecule has 12 nitrogen and oxygen atoms in total. The molecule has 6 aromatic rings. The summed E-state index contributed by atoms with van der Waals surface area (Å²) in [5, 5.41) is 22.3. The minimum absolute atomic E-state index is 0.0439. The first-order valence-corrected chi connectivity index (χ1v) is 19.6. The van der Waals surface area contributed by atoms with Crippen LogP contribution in [0.3, 0.4) is 0 Å². The van der Waals surface area contributed by atoms with Crippen molar-refractivity contribution in [3.05, 3.63) is 162 Å². The first-order valence-electron chi connectivity index (χ1n) is 19.6. The average Bonchev–Trinajstić information content (AvgIpc) is 3.67. The second-order valence-corrected chi connectivity index (χ2v) is 14.6. The van der Waals surface area contributed by atoms with Crippen LogP contribution in [0, 0.1) is 0 Å². The number of H-pyrrole nitrogens is 1. The lowest BCUT2D eigenvalue weighted by atomic mass is 9.98. The zero-order valence-corrected chi connectivity index (χ0v) is 32.2. The number of hydrogen-bond donors (Lipinski definition) is 6. The number of fused-ring (bicyclic) bond motifs is 17. The summed E-state index contributed by atoms with van der Waals surface area (Å²) in [6.45, 7) is -0.411. The second-order valence-electron chi connectivity index (χ2n) is 14.6. The Morgan fingerprint density at radius 3 is 1.93 bits per heavy atom. The summed E-state index contributed by atoms with van der Waals surface area (Å²) in [6, 6.07) is 36.2. The number of benzene rings is 5. The van der Waals surface area contributed by atoms with E-state index in [0.717, 1.165) is 38.7 Å². The van der Waals surface area contributed by atoms with Crippen LogP contribution < -0.4 is 26.0 Å². The van der Waals surface area contributed by atoms with Crippen molar-refractivity contribution in [1.29, 1.82) is 0 Å². The maximum atomic E-state index is 14.5. The van der Waals surface area contributed by atoms with Gasteiger partial charge in [0, 0.05) is 36.4 Å². The van der Waals surface area contributed by atoms with Crippen LogP contribution in [0.15, 0.2) is 140 Å². The number of hydrogen-bond acceptors (Lipinski definition) is 6. The number of aromatic nitrogens is 1. The van der Waals surface area contributed by atoms with Gasteiger partial charge in [-0.15, -0.1) is 0 Å². The van der Waals surface area contributed by atoms with Crippen molar-refractivity contribution in [3.63, 3.8) is 0 Å². The molecule has 1 aromatic heterocycles. The average molecular weight is 792 g/mol. The Bertz CT molecular complexity index is 2400. The summed E-state index contributed by atoms with van der Waals surface area (Å²) >= 11 is 0. The number of carboxylic acid groups (broad SMARTS) is 1. The van der Waals surface area contributed by atoms with E-state index < -0.39 is 60.4 Å². The number of para-hydroxylation sites is 1. The standard InChI is InChI=1S/C47H45N5O7/c53-43-29-59-36-22-17-32(18-23-36)26-42(47(57)58)52-44(54)39(24-19-30-9-3-1-4-10-30)50-45(55)40(25-31-15-20-34(21-16-31)33-11-5-2-6-12-33)51-46(56)41(49-43)27-35-28-48-38-14-8-7-13-37(35)38/h1-18,20-23,28,39-42,48H,19,24-27,29H2,(H,49,53)(H,50,55)(H,51,56)(H,52,54)(H,57,58)/t39-,40+,41-,42+/m0/s1. The predicted octanol–water partition coefficient (Wildman–Crippen LogP) is 4.91. The molecule has 0 saturated heterocycles. The normalized spacial score (nSPS) is 19.3. The van der Waals surface area contributed by atoms with E-state index in [-0.39, 0.29) is 25.7 Å². The van der Waals surface area contributed by atoms with Crippen LogP contribution in [0.1, 0.15) is 28.7 Å². The highest BCUT2D eigenvalue weighted by Crippen LogP contribution is 2.22. The molecule has 300 valence electrons. The summed E-state index contributed by atoms with van der Waals surface area (Å²) in [5.41, 5.74) is 5.87. The van der Waals surface area contributed by atoms with E-state index in [1.165, 1.54) is 0 Å². The quantitative estimate of drug-likeness (QED) is 0.113. The molecule has 12 heteroatoms. The SMILES string of the molecule is O=C1COc2ccc(cc2)C[C@H](C(=O)O)NC(=O)[C@H](CCc2ccccc2)NC(=O)[C@@H](Cc2ccc(-c3ccccc3)cc2)NC(=O)[C@H](Cc2c[nH]c3ccccc23)N1. The zero-order chi connectivity index (χ0) is 41.1. The zero-order valence-electron chi connectivity index (χ0n) is 32.2. The molecule has 0 spiro atoms. The minimum atomic E-state index is -1.32. The Morgan fingerprint density at radius 2 is 1.22 bits per heavy atom. The fraction of sp³-hybridized carbons (Fsp3) is 0.213. The largest absolute Gasteiger partial charge is 0.484 e. The van der Waals surface area contributed by atoms with Gasteiger partial charge in [0.15, 0.2) is 6.61 Å². The van der Waals surface area contributed by atoms with Crippen molar-refractivity contribution in [2.45, 2.75) is 56.3 Å². The lowest BCUT2D eigenvalue weighted by molar-refractivity contribution is -0.142. The predicted molar refractivity (Wildman–Crippen MR) is 223 cm³/mol. The molecular weight excluding hydrogens is 747 g/mol. The van der Waals surface area contributed by atoms with E-state index in [1.54, 1.807) is 30.5 Å². The molecule has 59 heavy (non-hydrogen) atoms. The number of carbonyl (C=O) groups is 5. The summed E-state index contributed by atoms with van der Waals surface area (Å²) in [5.74, 6) is -3.42. The maximum Gasteiger partial charge on any atom is 0.326 e. The molecule has 8 rings (SSSR count). The van der Waals surface area contributed by atoms with Gasteiger partial charge in [-0.3, -0.25) is 19.2 Å². The third-order valence-corrected chi connectivity index (χ3v) is 10.4. The molecule has 0 fully saturated rings. The van der Waals surface area contributed by atoms with Gasteiger partial charge >= 0.3 is 5.97 Å². The molecule has 4 atom stereocenters. The molecule has 0 radical (unpaired) electrons. The third kappa shape index (κ3) is 10.6. The molecular formula is C47H45N5O7. The van der Waals surface area contributed by atoms with Gasteiger partial charge in [0.1, 0.15) is 29.9 Å². The number of carbonyl (C=O) groups excluding carboxylic acids is 4. The van der Waals surface area contributed by atoms with Gasteiger partial charge in [-0.2, -0.15) is 0 Å². The molecule has 2 bridgehead atoms. The summed E-state index contributed by atoms with van der Waals surface area (Å²) in [7, 11) is 0. The fourth-order valence-corrected chi connectivity index (χ4v) is 7.22. The fourth-order valence-electron chi connectivity index (χ4n) is 7.22. The van der Waals surface area contributed by atoms with E-state index in [1.807, 2.05) is 109 Å². The van der Waals surface area contributed by atoms with Gasteiger partial charge in [0.25, 0.3) is 5.91 Å². The molecule has 0 unspecified atom stereocenters. The van der Waals surface area contributed by atoms with Gasteiger partial charge in [-0.1, -0.05) is 115 Å². The summed E-state index contributed by atoms with van der Waals surface area (Å²) in [4.78, 5) is 72.0. The Kier molecular flexibility index (Phi) is 12.8. The van der Waals surface area contributed by atoms with Crippen LogP contribution >= 0.6 is 0 Å². The molecule has 5 aromatic carbocycles. The van der Waals surface area contributed by atoms with Crippen molar-refractivity contribution in [3.8, 4) is 16.9 Å². The highest BCUT2D eigenvalue weighted by Gasteiger charge is 2.32. The lowest BCUT2D eigenvalue weighted by Gasteiger charge is -2.26. The lowest BCUT2D eigenvalue weighted by Crippen LogP contribution is -2.59. The van der Waals surface area contributed by atoms with Gasteiger partial charge < -0.3 is 36.1 Å². The number of rotatable bonds is 9. The highest BCUT2D eigenvalue weighted by molar-refractivity contribution is 5.96. The van der Waals surface area contributed by atoms with Crippen LogP contribution in [0.2, 0.25) is 0 Å². The number of ether oxygens (including phenoxy) is 1. The molecule has 0 saturated carbocycles. The van der Waals surface area contributed by atoms with E-state index in [0.29, 0.717) is 17.7 Å². The Hall–Kier alpha value is -7.21. The van der Waals surface area contributed by atoms with Crippen LogP contribution in [0.4, 0.5) is 0 Å². The van der Waals surface area contributed by atoms with Crippen molar-refractivity contribution < 1.29 is 33.8 Å². The van der Waals surface area contributed by atoms with Crippen LogP contribution in [-0.4, -0.2) is 70.5 Å². The minimum Gasteiger partial charge on any atom is -0.484 e. The number of nitrogens with one attached hydrogen (secondary N) is 5. The Labute approximate surface area is 341 Å². The topological polar surface area (TPSA) is 179 Å². The van der Waals surface area contributed by atoms with Crippen LogP contribution in [-0.2, 0) is 49.7 Å². The van der Waals surface area contributed by atoms with Gasteiger partial charge in [0.2, 0.25) is 17.7 Å². The van der Waals surface area contributed by atoms with E-state index in [9.17, 15) is 29.1 Å². The van der Waals surface area contributed by atoms with E-state index in [4.69, 9.17) is 4.74 Å². The molecule has 6 N–H and O–H groups in total. The molecule has 2 aliphatic heterocycles. The molecule has 3 heterocycles. The van der Waals surface area contributed by atoms with E-state index in [2.05, 4.69) is 26.3 Å². The molecule has 0 aliphatic carbocycles. The first-order chi connectivity index (χ1) is 28.7. The first kappa shape index (κ1) is 40.0. The van der Waals surface area contributed by atoms with Gasteiger partial charge in [0.05, 0.1) is 0 Å². The van der Waals surface area contributed by atoms with Crippen molar-refractivity contribution >= 4 is 40.5 Å². The van der Waals surface area contributed by atoms with Crippen molar-refractivity contribution in [1.82, 2.24) is 26.3 Å². The number of carboxylic acids is 1. The van der Waals surface area contributed by atoms with Gasteiger partial charge in [-0.05, 0) is 64.4 Å². The summed E-state index contributed by atoms with van der Waals surface area (Å²) < 4.78 is 5.75. The third-order valence-electron chi connectivity index (χ3n) is 10.4. The summed E-state index contributed by atoms with van der Waals surface area (Å²) in [6.07, 6.45) is 2.42.